The second-order valence-electron chi connectivity index (χ2n) is 9.55. The number of dihydropyridines is 1. The molecule has 2 rings (SSSR count). The van der Waals surface area contributed by atoms with Crippen LogP contribution in [-0.2, 0) is 19.1 Å². The number of rotatable bonds is 3. The van der Waals surface area contributed by atoms with Crippen LogP contribution in [0.2, 0.25) is 0 Å². The summed E-state index contributed by atoms with van der Waals surface area (Å²) in [5, 5.41) is 3.18. The molecule has 0 saturated heterocycles. The average molecular weight is 400 g/mol. The third-order valence-electron chi connectivity index (χ3n) is 4.41. The van der Waals surface area contributed by atoms with Crippen molar-refractivity contribution in [3.05, 3.63) is 57.9 Å². The van der Waals surface area contributed by atoms with Crippen molar-refractivity contribution >= 4 is 11.9 Å². The molecule has 158 valence electrons. The normalized spacial score (nSPS) is 15.9. The Labute approximate surface area is 174 Å². The lowest BCUT2D eigenvalue weighted by Crippen LogP contribution is -2.36. The summed E-state index contributed by atoms with van der Waals surface area (Å²) in [6.07, 6.45) is 0. The van der Waals surface area contributed by atoms with Crippen LogP contribution in [0.15, 0.2) is 46.8 Å². The Hall–Kier alpha value is -2.56. The first-order valence-corrected chi connectivity index (χ1v) is 9.91. The molecule has 1 aliphatic heterocycles. The van der Waals surface area contributed by atoms with Crippen molar-refractivity contribution in [3.8, 4) is 0 Å². The van der Waals surface area contributed by atoms with Gasteiger partial charge in [0.05, 0.1) is 17.1 Å². The molecule has 0 fully saturated rings. The predicted molar refractivity (Wildman–Crippen MR) is 114 cm³/mol. The van der Waals surface area contributed by atoms with Crippen LogP contribution in [0.5, 0.6) is 0 Å². The number of ether oxygens (including phenoxy) is 2. The highest BCUT2D eigenvalue weighted by Gasteiger charge is 2.39. The maximum Gasteiger partial charge on any atom is 0.337 e. The number of aryl methyl sites for hydroxylation is 1. The molecule has 1 N–H and O–H groups in total. The minimum absolute atomic E-state index is 0.426. The Bertz CT molecular complexity index is 812. The Morgan fingerprint density at radius 2 is 1.14 bits per heavy atom. The Morgan fingerprint density at radius 3 is 1.48 bits per heavy atom. The van der Waals surface area contributed by atoms with Crippen molar-refractivity contribution in [1.82, 2.24) is 5.32 Å². The third kappa shape index (κ3) is 5.72. The van der Waals surface area contributed by atoms with Crippen molar-refractivity contribution in [2.24, 2.45) is 0 Å². The van der Waals surface area contributed by atoms with E-state index in [2.05, 4.69) is 5.32 Å². The van der Waals surface area contributed by atoms with Gasteiger partial charge in [-0.3, -0.25) is 0 Å². The van der Waals surface area contributed by atoms with Gasteiger partial charge in [-0.05, 0) is 67.9 Å². The molecule has 0 saturated carbocycles. The van der Waals surface area contributed by atoms with Crippen LogP contribution >= 0.6 is 0 Å². The first kappa shape index (κ1) is 22.7. The molecule has 1 heterocycles. The molecule has 0 spiro atoms. The SMILES string of the molecule is CC1=C(C(=O)OC(C)(C)C)C(c2ccc(C)cc2)C(C(=O)OC(C)(C)C)=C(C)N1. The maximum atomic E-state index is 13.1. The van der Waals surface area contributed by atoms with Gasteiger partial charge in [0.15, 0.2) is 0 Å². The number of esters is 2. The molecule has 0 radical (unpaired) electrons. The van der Waals surface area contributed by atoms with E-state index in [0.717, 1.165) is 11.1 Å². The number of nitrogens with one attached hydrogen (secondary N) is 1. The molecule has 5 heteroatoms. The molecule has 5 nitrogen and oxygen atoms in total. The number of hydrogen-bond donors (Lipinski definition) is 1. The zero-order chi connectivity index (χ0) is 22.1. The van der Waals surface area contributed by atoms with Gasteiger partial charge in [-0.25, -0.2) is 9.59 Å². The number of hydrogen-bond acceptors (Lipinski definition) is 5. The van der Waals surface area contributed by atoms with E-state index in [1.54, 1.807) is 0 Å². The summed E-state index contributed by atoms with van der Waals surface area (Å²) in [5.74, 6) is -1.45. The van der Waals surface area contributed by atoms with E-state index in [4.69, 9.17) is 9.47 Å². The lowest BCUT2D eigenvalue weighted by Gasteiger charge is -2.33. The molecule has 1 aromatic carbocycles. The monoisotopic (exact) mass is 399 g/mol. The van der Waals surface area contributed by atoms with Crippen LogP contribution in [-0.4, -0.2) is 23.1 Å². The Balaban J connectivity index is 2.63. The summed E-state index contributed by atoms with van der Waals surface area (Å²) < 4.78 is 11.4. The van der Waals surface area contributed by atoms with Gasteiger partial charge < -0.3 is 14.8 Å². The molecule has 0 bridgehead atoms. The largest absolute Gasteiger partial charge is 0.457 e. The number of benzene rings is 1. The van der Waals surface area contributed by atoms with Gasteiger partial charge in [-0.2, -0.15) is 0 Å². The van der Waals surface area contributed by atoms with Gasteiger partial charge in [0.25, 0.3) is 0 Å². The Morgan fingerprint density at radius 1 is 0.759 bits per heavy atom. The molecule has 0 aromatic heterocycles. The fraction of sp³-hybridized carbons (Fsp3) is 0.500. The summed E-state index contributed by atoms with van der Waals surface area (Å²) in [5.41, 5.74) is 2.85. The summed E-state index contributed by atoms with van der Waals surface area (Å²) in [6, 6.07) is 7.84. The highest BCUT2D eigenvalue weighted by Crippen LogP contribution is 2.40. The molecule has 0 atom stereocenters. The van der Waals surface area contributed by atoms with Gasteiger partial charge in [-0.1, -0.05) is 29.8 Å². The van der Waals surface area contributed by atoms with E-state index >= 15 is 0 Å². The van der Waals surface area contributed by atoms with Gasteiger partial charge in [0, 0.05) is 11.4 Å². The van der Waals surface area contributed by atoms with E-state index in [0.29, 0.717) is 22.5 Å². The van der Waals surface area contributed by atoms with Crippen LogP contribution in [0, 0.1) is 6.92 Å². The van der Waals surface area contributed by atoms with Crippen molar-refractivity contribution < 1.29 is 19.1 Å². The topological polar surface area (TPSA) is 64.6 Å². The Kier molecular flexibility index (Phi) is 6.31. The molecule has 1 aromatic rings. The van der Waals surface area contributed by atoms with Gasteiger partial charge in [-0.15, -0.1) is 0 Å². The molecule has 0 unspecified atom stereocenters. The average Bonchev–Trinajstić information content (AvgIpc) is 2.51. The molecule has 0 amide bonds. The van der Waals surface area contributed by atoms with Crippen LogP contribution in [0.25, 0.3) is 0 Å². The number of allylic oxidation sites excluding steroid dienone is 2. The summed E-state index contributed by atoms with van der Waals surface area (Å²) in [7, 11) is 0. The van der Waals surface area contributed by atoms with Crippen LogP contribution in [0.4, 0.5) is 0 Å². The molecule has 0 aliphatic carbocycles. The van der Waals surface area contributed by atoms with Gasteiger partial charge >= 0.3 is 11.9 Å². The van der Waals surface area contributed by atoms with Crippen molar-refractivity contribution in [2.75, 3.05) is 0 Å². The highest BCUT2D eigenvalue weighted by molar-refractivity contribution is 6.00. The molecule has 29 heavy (non-hydrogen) atoms. The quantitative estimate of drug-likeness (QED) is 0.732. The smallest absolute Gasteiger partial charge is 0.337 e. The van der Waals surface area contributed by atoms with Gasteiger partial charge in [0.1, 0.15) is 11.2 Å². The first-order chi connectivity index (χ1) is 13.2. The maximum absolute atomic E-state index is 13.1. The minimum Gasteiger partial charge on any atom is -0.457 e. The van der Waals surface area contributed by atoms with E-state index in [1.165, 1.54) is 0 Å². The van der Waals surface area contributed by atoms with E-state index < -0.39 is 29.1 Å². The zero-order valence-corrected chi connectivity index (χ0v) is 19.0. The second kappa shape index (κ2) is 8.05. The lowest BCUT2D eigenvalue weighted by molar-refractivity contribution is -0.150. The van der Waals surface area contributed by atoms with Gasteiger partial charge in [0.2, 0.25) is 0 Å². The third-order valence-corrected chi connectivity index (χ3v) is 4.41. The minimum atomic E-state index is -0.648. The lowest BCUT2D eigenvalue weighted by atomic mass is 9.80. The summed E-state index contributed by atoms with van der Waals surface area (Å²) in [4.78, 5) is 26.3. The fourth-order valence-corrected chi connectivity index (χ4v) is 3.29. The van der Waals surface area contributed by atoms with Crippen molar-refractivity contribution in [2.45, 2.75) is 79.4 Å². The standard InChI is InChI=1S/C24H33NO4/c1-14-10-12-17(13-11-14)20-18(21(26)28-23(4,5)6)15(2)25-16(3)19(20)22(27)29-24(7,8)9/h10-13,20,25H,1-9H3. The van der Waals surface area contributed by atoms with Crippen LogP contribution < -0.4 is 5.32 Å². The van der Waals surface area contributed by atoms with Crippen molar-refractivity contribution in [1.29, 1.82) is 0 Å². The number of carbonyl (C=O) groups excluding carboxylic acids is 2. The molecule has 1 aliphatic rings. The summed E-state index contributed by atoms with van der Waals surface area (Å²) >= 11 is 0. The van der Waals surface area contributed by atoms with Crippen LogP contribution in [0.3, 0.4) is 0 Å². The molecular formula is C24H33NO4. The highest BCUT2D eigenvalue weighted by atomic mass is 16.6. The van der Waals surface area contributed by atoms with Crippen LogP contribution in [0.1, 0.15) is 72.4 Å². The molecular weight excluding hydrogens is 366 g/mol. The zero-order valence-electron chi connectivity index (χ0n) is 19.0. The fourth-order valence-electron chi connectivity index (χ4n) is 3.29. The first-order valence-electron chi connectivity index (χ1n) is 9.91. The van der Waals surface area contributed by atoms with E-state index in [9.17, 15) is 9.59 Å². The predicted octanol–water partition coefficient (Wildman–Crippen LogP) is 4.91. The van der Waals surface area contributed by atoms with E-state index in [-0.39, 0.29) is 0 Å². The van der Waals surface area contributed by atoms with E-state index in [1.807, 2.05) is 86.6 Å². The van der Waals surface area contributed by atoms with Crippen molar-refractivity contribution in [3.63, 3.8) is 0 Å². The second-order valence-corrected chi connectivity index (χ2v) is 9.55. The number of carbonyl (C=O) groups is 2. The summed E-state index contributed by atoms with van der Waals surface area (Å²) in [6.45, 7) is 16.6.